The molecule has 0 bridgehead atoms. The van der Waals surface area contributed by atoms with E-state index in [1.54, 1.807) is 14.0 Å². The van der Waals surface area contributed by atoms with Crippen molar-refractivity contribution in [2.24, 2.45) is 7.05 Å². The van der Waals surface area contributed by atoms with Crippen LogP contribution in [0.25, 0.3) is 0 Å². The Morgan fingerprint density at radius 3 is 2.38 bits per heavy atom. The third kappa shape index (κ3) is 1.70. The first-order chi connectivity index (χ1) is 5.88. The van der Waals surface area contributed by atoms with Gasteiger partial charge in [-0.2, -0.15) is 13.9 Å². The van der Waals surface area contributed by atoms with Crippen LogP contribution in [0, 0.1) is 6.92 Å². The molecule has 0 aliphatic rings. The van der Waals surface area contributed by atoms with Gasteiger partial charge in [0.15, 0.2) is 0 Å². The van der Waals surface area contributed by atoms with Gasteiger partial charge in [0.1, 0.15) is 5.69 Å². The smallest absolute Gasteiger partial charge is 0.289 e. The molecule has 0 spiro atoms. The highest BCUT2D eigenvalue weighted by molar-refractivity contribution is 5.27. The molecule has 3 nitrogen and oxygen atoms in total. The lowest BCUT2D eigenvalue weighted by Crippen LogP contribution is -2.11. The average molecular weight is 190 g/mol. The third-order valence-electron chi connectivity index (χ3n) is 2.03. The van der Waals surface area contributed by atoms with Crippen molar-refractivity contribution in [1.29, 1.82) is 0 Å². The molecule has 0 unspecified atom stereocenters. The predicted molar refractivity (Wildman–Crippen MR) is 43.4 cm³/mol. The third-order valence-corrected chi connectivity index (χ3v) is 2.03. The molecule has 0 saturated heterocycles. The number of alkyl halides is 2. The zero-order valence-electron chi connectivity index (χ0n) is 7.80. The summed E-state index contributed by atoms with van der Waals surface area (Å²) in [6.07, 6.45) is 0. The first-order valence-corrected chi connectivity index (χ1v) is 3.89. The van der Waals surface area contributed by atoms with E-state index in [2.05, 4.69) is 5.10 Å². The minimum Gasteiger partial charge on any atom is -0.392 e. The van der Waals surface area contributed by atoms with Gasteiger partial charge in [0.2, 0.25) is 0 Å². The maximum atomic E-state index is 12.9. The van der Waals surface area contributed by atoms with Crippen molar-refractivity contribution in [2.75, 3.05) is 0 Å². The minimum atomic E-state index is -3.00. The standard InChI is InChI=1S/C8H12F2N2O/c1-5-6(4-13)7(8(2,9)10)11-12(5)3/h13H,4H2,1-3H3. The lowest BCUT2D eigenvalue weighted by atomic mass is 10.1. The molecule has 0 aliphatic heterocycles. The summed E-state index contributed by atoms with van der Waals surface area (Å²) in [4.78, 5) is 0. The van der Waals surface area contributed by atoms with Gasteiger partial charge in [0.05, 0.1) is 6.61 Å². The van der Waals surface area contributed by atoms with Crippen molar-refractivity contribution in [2.45, 2.75) is 26.4 Å². The molecule has 1 aromatic heterocycles. The minimum absolute atomic E-state index is 0.218. The van der Waals surface area contributed by atoms with Gasteiger partial charge in [-0.05, 0) is 6.92 Å². The van der Waals surface area contributed by atoms with E-state index < -0.39 is 12.5 Å². The Hall–Kier alpha value is -0.970. The van der Waals surface area contributed by atoms with Gasteiger partial charge < -0.3 is 5.11 Å². The van der Waals surface area contributed by atoms with Gasteiger partial charge in [-0.3, -0.25) is 4.68 Å². The largest absolute Gasteiger partial charge is 0.392 e. The Morgan fingerprint density at radius 1 is 1.54 bits per heavy atom. The summed E-state index contributed by atoms with van der Waals surface area (Å²) in [6.45, 7) is 2.01. The Labute approximate surface area is 75.0 Å². The molecule has 1 rings (SSSR count). The maximum absolute atomic E-state index is 12.9. The average Bonchev–Trinajstić information content (AvgIpc) is 2.28. The van der Waals surface area contributed by atoms with Crippen molar-refractivity contribution in [3.8, 4) is 0 Å². The van der Waals surface area contributed by atoms with Gasteiger partial charge in [0, 0.05) is 25.2 Å². The fourth-order valence-corrected chi connectivity index (χ4v) is 1.19. The molecule has 5 heteroatoms. The number of aliphatic hydroxyl groups is 1. The zero-order valence-corrected chi connectivity index (χ0v) is 7.80. The number of rotatable bonds is 2. The molecule has 0 atom stereocenters. The highest BCUT2D eigenvalue weighted by Crippen LogP contribution is 2.29. The summed E-state index contributed by atoms with van der Waals surface area (Å²) in [6, 6.07) is 0. The Balaban J connectivity index is 3.30. The summed E-state index contributed by atoms with van der Waals surface area (Å²) >= 11 is 0. The van der Waals surface area contributed by atoms with Crippen LogP contribution >= 0.6 is 0 Å². The maximum Gasteiger partial charge on any atom is 0.289 e. The molecule has 1 N–H and O–H groups in total. The molecular formula is C8H12F2N2O. The van der Waals surface area contributed by atoms with E-state index in [-0.39, 0.29) is 11.3 Å². The monoisotopic (exact) mass is 190 g/mol. The van der Waals surface area contributed by atoms with Gasteiger partial charge in [-0.15, -0.1) is 0 Å². The fraction of sp³-hybridized carbons (Fsp3) is 0.625. The number of aromatic nitrogens is 2. The van der Waals surface area contributed by atoms with Crippen molar-refractivity contribution in [3.63, 3.8) is 0 Å². The topological polar surface area (TPSA) is 38.1 Å². The molecule has 0 aromatic carbocycles. The van der Waals surface area contributed by atoms with Crippen LogP contribution < -0.4 is 0 Å². The predicted octanol–water partition coefficient (Wildman–Crippen LogP) is 1.33. The van der Waals surface area contributed by atoms with Crippen molar-refractivity contribution >= 4 is 0 Å². The molecule has 0 aliphatic carbocycles. The van der Waals surface area contributed by atoms with Gasteiger partial charge in [-0.25, -0.2) is 0 Å². The molecule has 74 valence electrons. The van der Waals surface area contributed by atoms with Crippen LogP contribution in [-0.4, -0.2) is 14.9 Å². The van der Waals surface area contributed by atoms with Crippen LogP contribution in [-0.2, 0) is 19.6 Å². The first-order valence-electron chi connectivity index (χ1n) is 3.89. The van der Waals surface area contributed by atoms with E-state index in [9.17, 15) is 8.78 Å². The quantitative estimate of drug-likeness (QED) is 0.764. The van der Waals surface area contributed by atoms with Crippen molar-refractivity contribution < 1.29 is 13.9 Å². The second kappa shape index (κ2) is 3.06. The second-order valence-corrected chi connectivity index (χ2v) is 3.08. The summed E-state index contributed by atoms with van der Waals surface area (Å²) in [5, 5.41) is 12.5. The van der Waals surface area contributed by atoms with Crippen LogP contribution in [0.1, 0.15) is 23.9 Å². The number of halogens is 2. The molecular weight excluding hydrogens is 178 g/mol. The number of aryl methyl sites for hydroxylation is 1. The highest BCUT2D eigenvalue weighted by Gasteiger charge is 2.32. The number of hydrogen-bond acceptors (Lipinski definition) is 2. The number of hydrogen-bond donors (Lipinski definition) is 1. The molecule has 1 heterocycles. The second-order valence-electron chi connectivity index (χ2n) is 3.08. The molecule has 1 aromatic rings. The van der Waals surface area contributed by atoms with Crippen LogP contribution in [0.2, 0.25) is 0 Å². The molecule has 0 fully saturated rings. The molecule has 0 amide bonds. The summed E-state index contributed by atoms with van der Waals surface area (Å²) in [5.41, 5.74) is 0.448. The number of nitrogens with zero attached hydrogens (tertiary/aromatic N) is 2. The van der Waals surface area contributed by atoms with Gasteiger partial charge in [-0.1, -0.05) is 0 Å². The zero-order chi connectivity index (χ0) is 10.2. The van der Waals surface area contributed by atoms with Gasteiger partial charge in [0.25, 0.3) is 5.92 Å². The van der Waals surface area contributed by atoms with Crippen molar-refractivity contribution in [3.05, 3.63) is 17.0 Å². The normalized spacial score (nSPS) is 12.2. The van der Waals surface area contributed by atoms with E-state index >= 15 is 0 Å². The van der Waals surface area contributed by atoms with E-state index in [0.29, 0.717) is 5.69 Å². The Bertz CT molecular complexity index is 315. The van der Waals surface area contributed by atoms with E-state index in [4.69, 9.17) is 5.11 Å². The lowest BCUT2D eigenvalue weighted by Gasteiger charge is -2.07. The lowest BCUT2D eigenvalue weighted by molar-refractivity contribution is 0.0102. The first kappa shape index (κ1) is 10.1. The van der Waals surface area contributed by atoms with E-state index in [1.165, 1.54) is 4.68 Å². The van der Waals surface area contributed by atoms with Crippen molar-refractivity contribution in [1.82, 2.24) is 9.78 Å². The highest BCUT2D eigenvalue weighted by atomic mass is 19.3. The summed E-state index contributed by atoms with van der Waals surface area (Å²) < 4.78 is 27.2. The molecule has 0 saturated carbocycles. The van der Waals surface area contributed by atoms with Gasteiger partial charge >= 0.3 is 0 Å². The van der Waals surface area contributed by atoms with Crippen LogP contribution in [0.4, 0.5) is 8.78 Å². The SMILES string of the molecule is Cc1c(CO)c(C(C)(F)F)nn1C. The van der Waals surface area contributed by atoms with E-state index in [1.807, 2.05) is 0 Å². The summed E-state index contributed by atoms with van der Waals surface area (Å²) in [7, 11) is 1.57. The molecule has 0 radical (unpaired) electrons. The van der Waals surface area contributed by atoms with Crippen LogP contribution in [0.3, 0.4) is 0 Å². The van der Waals surface area contributed by atoms with Crippen LogP contribution in [0.15, 0.2) is 0 Å². The van der Waals surface area contributed by atoms with E-state index in [0.717, 1.165) is 6.92 Å². The number of aliphatic hydroxyl groups excluding tert-OH is 1. The summed E-state index contributed by atoms with van der Waals surface area (Å²) in [5.74, 6) is -3.00. The Morgan fingerprint density at radius 2 is 2.08 bits per heavy atom. The van der Waals surface area contributed by atoms with Crippen LogP contribution in [0.5, 0.6) is 0 Å². The molecule has 13 heavy (non-hydrogen) atoms. The fourth-order valence-electron chi connectivity index (χ4n) is 1.19. The Kier molecular flexibility index (Phi) is 2.38.